The summed E-state index contributed by atoms with van der Waals surface area (Å²) in [6.07, 6.45) is 1.29. The van der Waals surface area contributed by atoms with Gasteiger partial charge < -0.3 is 5.32 Å². The van der Waals surface area contributed by atoms with Crippen LogP contribution in [-0.4, -0.2) is 18.3 Å². The lowest BCUT2D eigenvalue weighted by atomic mass is 10.4. The third-order valence-corrected chi connectivity index (χ3v) is 3.87. The molecule has 1 heterocycles. The summed E-state index contributed by atoms with van der Waals surface area (Å²) in [4.78, 5) is 1.36. The molecule has 1 aliphatic heterocycles. The molecule has 1 unspecified atom stereocenters. The summed E-state index contributed by atoms with van der Waals surface area (Å²) in [5.41, 5.74) is 0. The molecule has 1 aromatic rings. The molecule has 0 aromatic heterocycles. The number of halogens is 1. The normalized spacial score (nSPS) is 22.1. The summed E-state index contributed by atoms with van der Waals surface area (Å²) in [5, 5.41) is 4.13. The first-order chi connectivity index (χ1) is 6.34. The van der Waals surface area contributed by atoms with Crippen molar-refractivity contribution in [3.05, 3.63) is 28.7 Å². The predicted molar refractivity (Wildman–Crippen MR) is 61.3 cm³/mol. The smallest absolute Gasteiger partial charge is 0.0231 e. The van der Waals surface area contributed by atoms with Gasteiger partial charge in [-0.05, 0) is 31.2 Å². The maximum absolute atomic E-state index is 3.48. The minimum atomic E-state index is 0.759. The SMILES string of the molecule is Brc1cccc(SC2CCNC2)c1. The van der Waals surface area contributed by atoms with Gasteiger partial charge in [-0.25, -0.2) is 0 Å². The molecule has 0 aliphatic carbocycles. The molecule has 0 amide bonds. The van der Waals surface area contributed by atoms with Crippen molar-refractivity contribution in [3.63, 3.8) is 0 Å². The first kappa shape index (κ1) is 9.56. The van der Waals surface area contributed by atoms with Gasteiger partial charge in [-0.1, -0.05) is 22.0 Å². The Kier molecular flexibility index (Phi) is 3.30. The molecule has 1 N–H and O–H groups in total. The standard InChI is InChI=1S/C10H12BrNS/c11-8-2-1-3-9(6-8)13-10-4-5-12-7-10/h1-3,6,10,12H,4-5,7H2. The van der Waals surface area contributed by atoms with E-state index in [4.69, 9.17) is 0 Å². The van der Waals surface area contributed by atoms with Crippen LogP contribution >= 0.6 is 27.7 Å². The number of nitrogens with one attached hydrogen (secondary N) is 1. The first-order valence-electron chi connectivity index (χ1n) is 4.47. The lowest BCUT2D eigenvalue weighted by Gasteiger charge is -2.07. The van der Waals surface area contributed by atoms with Crippen LogP contribution in [0.4, 0.5) is 0 Å². The van der Waals surface area contributed by atoms with Gasteiger partial charge in [-0.2, -0.15) is 0 Å². The number of hydrogen-bond acceptors (Lipinski definition) is 2. The summed E-state index contributed by atoms with van der Waals surface area (Å²) < 4.78 is 1.17. The lowest BCUT2D eigenvalue weighted by molar-refractivity contribution is 0.858. The van der Waals surface area contributed by atoms with Gasteiger partial charge in [-0.3, -0.25) is 0 Å². The molecule has 1 atom stereocenters. The zero-order valence-electron chi connectivity index (χ0n) is 7.29. The molecule has 3 heteroatoms. The van der Waals surface area contributed by atoms with Gasteiger partial charge in [0.25, 0.3) is 0 Å². The van der Waals surface area contributed by atoms with Crippen molar-refractivity contribution in [1.82, 2.24) is 5.32 Å². The van der Waals surface area contributed by atoms with Crippen molar-refractivity contribution in [2.24, 2.45) is 0 Å². The van der Waals surface area contributed by atoms with Gasteiger partial charge in [0.15, 0.2) is 0 Å². The van der Waals surface area contributed by atoms with E-state index in [1.165, 1.54) is 22.3 Å². The van der Waals surface area contributed by atoms with E-state index in [1.54, 1.807) is 0 Å². The second-order valence-electron chi connectivity index (χ2n) is 3.19. The summed E-state index contributed by atoms with van der Waals surface area (Å²) >= 11 is 5.46. The Balaban J connectivity index is 2.00. The maximum atomic E-state index is 3.48. The Morgan fingerprint density at radius 1 is 1.46 bits per heavy atom. The molecular formula is C10H12BrNS. The van der Waals surface area contributed by atoms with Crippen molar-refractivity contribution in [1.29, 1.82) is 0 Å². The molecule has 0 saturated carbocycles. The second kappa shape index (κ2) is 4.49. The molecule has 1 nitrogen and oxygen atoms in total. The van der Waals surface area contributed by atoms with E-state index in [0.717, 1.165) is 11.8 Å². The minimum absolute atomic E-state index is 0.759. The van der Waals surface area contributed by atoms with Gasteiger partial charge in [0, 0.05) is 21.2 Å². The molecule has 1 fully saturated rings. The molecular weight excluding hydrogens is 246 g/mol. The van der Waals surface area contributed by atoms with Gasteiger partial charge in [0.05, 0.1) is 0 Å². The summed E-state index contributed by atoms with van der Waals surface area (Å²) in [5.74, 6) is 0. The second-order valence-corrected chi connectivity index (χ2v) is 5.48. The van der Waals surface area contributed by atoms with Crippen molar-refractivity contribution in [2.75, 3.05) is 13.1 Å². The predicted octanol–water partition coefficient (Wildman–Crippen LogP) is 2.90. The Labute approximate surface area is 91.4 Å². The van der Waals surface area contributed by atoms with Gasteiger partial charge in [0.1, 0.15) is 0 Å². The highest BCUT2D eigenvalue weighted by Crippen LogP contribution is 2.28. The van der Waals surface area contributed by atoms with Gasteiger partial charge in [0.2, 0.25) is 0 Å². The molecule has 1 aliphatic rings. The molecule has 0 bridgehead atoms. The number of rotatable bonds is 2. The fourth-order valence-corrected chi connectivity index (χ4v) is 3.19. The van der Waals surface area contributed by atoms with Gasteiger partial charge in [-0.15, -0.1) is 11.8 Å². The summed E-state index contributed by atoms with van der Waals surface area (Å²) in [6.45, 7) is 2.32. The van der Waals surface area contributed by atoms with Crippen LogP contribution in [0.1, 0.15) is 6.42 Å². The Morgan fingerprint density at radius 3 is 3.08 bits per heavy atom. The van der Waals surface area contributed by atoms with E-state index in [-0.39, 0.29) is 0 Å². The van der Waals surface area contributed by atoms with E-state index in [1.807, 2.05) is 11.8 Å². The average molecular weight is 258 g/mol. The fourth-order valence-electron chi connectivity index (χ4n) is 1.46. The largest absolute Gasteiger partial charge is 0.316 e. The van der Waals surface area contributed by atoms with Crippen LogP contribution in [0, 0.1) is 0 Å². The van der Waals surface area contributed by atoms with Crippen LogP contribution in [0.2, 0.25) is 0 Å². The lowest BCUT2D eigenvalue weighted by Crippen LogP contribution is -2.09. The summed E-state index contributed by atoms with van der Waals surface area (Å²) in [7, 11) is 0. The van der Waals surface area contributed by atoms with Crippen molar-refractivity contribution >= 4 is 27.7 Å². The molecule has 1 aromatic carbocycles. The Morgan fingerprint density at radius 2 is 2.38 bits per heavy atom. The zero-order valence-corrected chi connectivity index (χ0v) is 9.70. The fraction of sp³-hybridized carbons (Fsp3) is 0.400. The topological polar surface area (TPSA) is 12.0 Å². The Hall–Kier alpha value is 0.01000. The van der Waals surface area contributed by atoms with Crippen LogP contribution < -0.4 is 5.32 Å². The summed E-state index contributed by atoms with van der Waals surface area (Å²) in [6, 6.07) is 8.52. The van der Waals surface area contributed by atoms with Crippen molar-refractivity contribution < 1.29 is 0 Å². The maximum Gasteiger partial charge on any atom is 0.0231 e. The van der Waals surface area contributed by atoms with Crippen LogP contribution in [0.25, 0.3) is 0 Å². The van der Waals surface area contributed by atoms with Gasteiger partial charge >= 0.3 is 0 Å². The molecule has 0 spiro atoms. The van der Waals surface area contributed by atoms with Crippen LogP contribution in [0.15, 0.2) is 33.6 Å². The van der Waals surface area contributed by atoms with Crippen LogP contribution in [-0.2, 0) is 0 Å². The highest BCUT2D eigenvalue weighted by Gasteiger charge is 2.15. The highest BCUT2D eigenvalue weighted by atomic mass is 79.9. The average Bonchev–Trinajstić information content (AvgIpc) is 2.57. The number of hydrogen-bond donors (Lipinski definition) is 1. The van der Waals surface area contributed by atoms with Crippen molar-refractivity contribution in [3.8, 4) is 0 Å². The third kappa shape index (κ3) is 2.73. The molecule has 2 rings (SSSR count). The van der Waals surface area contributed by atoms with Crippen LogP contribution in [0.5, 0.6) is 0 Å². The Bertz CT molecular complexity index is 284. The van der Waals surface area contributed by atoms with E-state index in [2.05, 4.69) is 45.5 Å². The first-order valence-corrected chi connectivity index (χ1v) is 6.15. The number of thioether (sulfide) groups is 1. The van der Waals surface area contributed by atoms with Crippen molar-refractivity contribution in [2.45, 2.75) is 16.6 Å². The molecule has 1 saturated heterocycles. The molecule has 70 valence electrons. The number of benzene rings is 1. The minimum Gasteiger partial charge on any atom is -0.316 e. The third-order valence-electron chi connectivity index (χ3n) is 2.11. The van der Waals surface area contributed by atoms with E-state index in [9.17, 15) is 0 Å². The monoisotopic (exact) mass is 257 g/mol. The highest BCUT2D eigenvalue weighted by molar-refractivity contribution is 9.10. The molecule has 13 heavy (non-hydrogen) atoms. The van der Waals surface area contributed by atoms with E-state index in [0.29, 0.717) is 0 Å². The van der Waals surface area contributed by atoms with E-state index >= 15 is 0 Å². The van der Waals surface area contributed by atoms with E-state index < -0.39 is 0 Å². The van der Waals surface area contributed by atoms with Crippen LogP contribution in [0.3, 0.4) is 0 Å². The molecule has 0 radical (unpaired) electrons. The zero-order chi connectivity index (χ0) is 9.10. The quantitative estimate of drug-likeness (QED) is 0.875.